The Balaban J connectivity index is 4.02. The molecule has 71 valence electrons. The minimum Gasteiger partial charge on any atom is -0.444 e. The lowest BCUT2D eigenvalue weighted by Crippen LogP contribution is -2.36. The fraction of sp³-hybridized carbons (Fsp3) is 0.778. The van der Waals surface area contributed by atoms with Crippen LogP contribution in [-0.2, 0) is 4.74 Å². The number of nitrogens with zero attached hydrogens (tertiary/aromatic N) is 1. The fourth-order valence-corrected chi connectivity index (χ4v) is 0.705. The van der Waals surface area contributed by atoms with Crippen LogP contribution in [0.1, 0.15) is 27.7 Å². The molecule has 0 atom stereocenters. The maximum atomic E-state index is 11.3. The van der Waals surface area contributed by atoms with Gasteiger partial charge in [-0.25, -0.2) is 4.79 Å². The van der Waals surface area contributed by atoms with Crippen LogP contribution in [0.15, 0.2) is 0 Å². The molecule has 0 saturated heterocycles. The van der Waals surface area contributed by atoms with Crippen molar-refractivity contribution < 1.29 is 9.53 Å². The van der Waals surface area contributed by atoms with E-state index in [2.05, 4.69) is 6.92 Å². The second-order valence-corrected chi connectivity index (χ2v) is 3.56. The van der Waals surface area contributed by atoms with Gasteiger partial charge in [0.25, 0.3) is 0 Å². The first-order valence-corrected chi connectivity index (χ1v) is 4.18. The molecule has 0 unspecified atom stereocenters. The van der Waals surface area contributed by atoms with Gasteiger partial charge in [0.1, 0.15) is 5.60 Å². The molecule has 0 aromatic heterocycles. The van der Waals surface area contributed by atoms with Crippen LogP contribution in [0.5, 0.6) is 0 Å². The molecule has 3 heteroatoms. The van der Waals surface area contributed by atoms with Gasteiger partial charge in [-0.2, -0.15) is 0 Å². The first kappa shape index (κ1) is 11.3. The summed E-state index contributed by atoms with van der Waals surface area (Å²) >= 11 is 0. The van der Waals surface area contributed by atoms with E-state index in [9.17, 15) is 4.79 Å². The highest BCUT2D eigenvalue weighted by Crippen LogP contribution is 2.09. The number of ether oxygens (including phenoxy) is 1. The van der Waals surface area contributed by atoms with Crippen molar-refractivity contribution >= 4 is 6.09 Å². The van der Waals surface area contributed by atoms with Crippen molar-refractivity contribution in [2.45, 2.75) is 33.3 Å². The van der Waals surface area contributed by atoms with Gasteiger partial charge in [-0.1, -0.05) is 0 Å². The Kier molecular flexibility index (Phi) is 4.07. The van der Waals surface area contributed by atoms with Gasteiger partial charge >= 0.3 is 6.09 Å². The van der Waals surface area contributed by atoms with Crippen LogP contribution in [-0.4, -0.2) is 29.7 Å². The summed E-state index contributed by atoms with van der Waals surface area (Å²) in [7, 11) is 0. The third-order valence-corrected chi connectivity index (χ3v) is 1.30. The summed E-state index contributed by atoms with van der Waals surface area (Å²) in [5, 5.41) is 0. The Labute approximate surface area is 74.7 Å². The lowest BCUT2D eigenvalue weighted by molar-refractivity contribution is 0.0280. The fourth-order valence-electron chi connectivity index (χ4n) is 0.705. The third-order valence-electron chi connectivity index (χ3n) is 1.30. The number of carbonyl (C=O) groups excluding carboxylic acids is 1. The lowest BCUT2D eigenvalue weighted by atomic mass is 10.2. The second kappa shape index (κ2) is 4.33. The Morgan fingerprint density at radius 2 is 2.00 bits per heavy atom. The Hall–Kier alpha value is -0.730. The molecule has 0 saturated carbocycles. The molecule has 1 radical (unpaired) electrons. The average Bonchev–Trinajstić information content (AvgIpc) is 1.85. The second-order valence-electron chi connectivity index (χ2n) is 3.56. The van der Waals surface area contributed by atoms with E-state index in [0.717, 1.165) is 0 Å². The summed E-state index contributed by atoms with van der Waals surface area (Å²) in [5.74, 6) is 0. The van der Waals surface area contributed by atoms with E-state index < -0.39 is 5.60 Å². The average molecular weight is 172 g/mol. The molecule has 0 rings (SSSR count). The molecule has 0 spiro atoms. The zero-order chi connectivity index (χ0) is 9.78. The predicted molar refractivity (Wildman–Crippen MR) is 48.8 cm³/mol. The third kappa shape index (κ3) is 4.21. The van der Waals surface area contributed by atoms with Crippen LogP contribution in [0.2, 0.25) is 0 Å². The first-order chi connectivity index (χ1) is 5.40. The minimum absolute atomic E-state index is 0.292. The number of amides is 1. The quantitative estimate of drug-likeness (QED) is 0.638. The lowest BCUT2D eigenvalue weighted by Gasteiger charge is -2.25. The highest BCUT2D eigenvalue weighted by Gasteiger charge is 2.19. The van der Waals surface area contributed by atoms with Crippen molar-refractivity contribution in [3.05, 3.63) is 6.92 Å². The summed E-state index contributed by atoms with van der Waals surface area (Å²) in [6, 6.07) is 0. The summed E-state index contributed by atoms with van der Waals surface area (Å²) in [4.78, 5) is 12.8. The van der Waals surface area contributed by atoms with Crippen molar-refractivity contribution in [1.82, 2.24) is 4.90 Å². The molecule has 0 aliphatic heterocycles. The molecule has 3 nitrogen and oxygen atoms in total. The molecular weight excluding hydrogens is 154 g/mol. The smallest absolute Gasteiger partial charge is 0.410 e. The van der Waals surface area contributed by atoms with E-state index in [0.29, 0.717) is 13.1 Å². The van der Waals surface area contributed by atoms with E-state index in [1.54, 1.807) is 4.90 Å². The first-order valence-electron chi connectivity index (χ1n) is 4.18. The zero-order valence-corrected chi connectivity index (χ0v) is 8.39. The van der Waals surface area contributed by atoms with Crippen molar-refractivity contribution in [2.24, 2.45) is 0 Å². The van der Waals surface area contributed by atoms with Gasteiger partial charge in [0.05, 0.1) is 0 Å². The molecule has 0 aliphatic rings. The van der Waals surface area contributed by atoms with Crippen molar-refractivity contribution in [3.63, 3.8) is 0 Å². The molecule has 0 fully saturated rings. The van der Waals surface area contributed by atoms with E-state index >= 15 is 0 Å². The zero-order valence-electron chi connectivity index (χ0n) is 8.39. The highest BCUT2D eigenvalue weighted by atomic mass is 16.6. The SMILES string of the molecule is [CH2]CN(CC)C(=O)OC(C)(C)C. The summed E-state index contributed by atoms with van der Waals surface area (Å²) in [5.41, 5.74) is -0.417. The van der Waals surface area contributed by atoms with Gasteiger partial charge in [-0.15, -0.1) is 0 Å². The van der Waals surface area contributed by atoms with Crippen molar-refractivity contribution in [1.29, 1.82) is 0 Å². The van der Waals surface area contributed by atoms with Crippen molar-refractivity contribution in [3.8, 4) is 0 Å². The van der Waals surface area contributed by atoms with Gasteiger partial charge in [-0.3, -0.25) is 0 Å². The van der Waals surface area contributed by atoms with Gasteiger partial charge in [-0.05, 0) is 34.6 Å². The Morgan fingerprint density at radius 1 is 1.50 bits per heavy atom. The van der Waals surface area contributed by atoms with E-state index in [1.165, 1.54) is 0 Å². The van der Waals surface area contributed by atoms with Crippen LogP contribution < -0.4 is 0 Å². The molecular formula is C9H18NO2. The number of hydrogen-bond donors (Lipinski definition) is 0. The normalized spacial score (nSPS) is 11.1. The minimum atomic E-state index is -0.417. The standard InChI is InChI=1S/C9H18NO2/c1-6-10(7-2)8(11)12-9(3,4)5/h1,6-7H2,2-5H3. The molecule has 12 heavy (non-hydrogen) atoms. The van der Waals surface area contributed by atoms with Crippen LogP contribution >= 0.6 is 0 Å². The maximum absolute atomic E-state index is 11.3. The van der Waals surface area contributed by atoms with Crippen molar-refractivity contribution in [2.75, 3.05) is 13.1 Å². The molecule has 1 amide bonds. The van der Waals surface area contributed by atoms with Crippen LogP contribution in [0.3, 0.4) is 0 Å². The number of hydrogen-bond acceptors (Lipinski definition) is 2. The van der Waals surface area contributed by atoms with Crippen LogP contribution in [0.25, 0.3) is 0 Å². The summed E-state index contributed by atoms with van der Waals surface area (Å²) < 4.78 is 5.13. The topological polar surface area (TPSA) is 29.5 Å². The highest BCUT2D eigenvalue weighted by molar-refractivity contribution is 5.68. The van der Waals surface area contributed by atoms with Gasteiger partial charge in [0.15, 0.2) is 0 Å². The van der Waals surface area contributed by atoms with E-state index in [1.807, 2.05) is 27.7 Å². The molecule has 0 bridgehead atoms. The molecule has 0 aromatic rings. The molecule has 0 aromatic carbocycles. The molecule has 0 aliphatic carbocycles. The molecule has 0 N–H and O–H groups in total. The largest absolute Gasteiger partial charge is 0.444 e. The maximum Gasteiger partial charge on any atom is 0.410 e. The van der Waals surface area contributed by atoms with E-state index in [-0.39, 0.29) is 6.09 Å². The van der Waals surface area contributed by atoms with Gasteiger partial charge < -0.3 is 9.64 Å². The molecule has 0 heterocycles. The van der Waals surface area contributed by atoms with Crippen LogP contribution in [0.4, 0.5) is 4.79 Å². The number of carbonyl (C=O) groups is 1. The number of rotatable bonds is 2. The monoisotopic (exact) mass is 172 g/mol. The summed E-state index contributed by atoms with van der Waals surface area (Å²) in [6.07, 6.45) is -0.292. The summed E-state index contributed by atoms with van der Waals surface area (Å²) in [6.45, 7) is 12.2. The van der Waals surface area contributed by atoms with Gasteiger partial charge in [0.2, 0.25) is 0 Å². The van der Waals surface area contributed by atoms with E-state index in [4.69, 9.17) is 4.74 Å². The Morgan fingerprint density at radius 3 is 2.25 bits per heavy atom. The Bertz CT molecular complexity index is 145. The predicted octanol–water partition coefficient (Wildman–Crippen LogP) is 2.08. The van der Waals surface area contributed by atoms with Gasteiger partial charge in [0, 0.05) is 13.1 Å². The van der Waals surface area contributed by atoms with Crippen LogP contribution in [0, 0.1) is 6.92 Å².